The molecule has 4 aliphatic carbocycles. The molecule has 3 nitrogen and oxygen atoms in total. The van der Waals surface area contributed by atoms with Crippen molar-refractivity contribution in [3.05, 3.63) is 0 Å². The highest BCUT2D eigenvalue weighted by Gasteiger charge is 2.55. The molecule has 4 saturated carbocycles. The predicted octanol–water partition coefficient (Wildman–Crippen LogP) is 3.79. The van der Waals surface area contributed by atoms with Gasteiger partial charge in [0.15, 0.2) is 0 Å². The number of methoxy groups -OCH3 is 1. The molecule has 0 aromatic heterocycles. The van der Waals surface area contributed by atoms with Crippen molar-refractivity contribution in [1.82, 2.24) is 0 Å². The van der Waals surface area contributed by atoms with Gasteiger partial charge in [-0.1, -0.05) is 0 Å². The van der Waals surface area contributed by atoms with E-state index in [2.05, 4.69) is 0 Å². The summed E-state index contributed by atoms with van der Waals surface area (Å²) in [6.07, 6.45) is 9.80. The van der Waals surface area contributed by atoms with Crippen molar-refractivity contribution in [2.45, 2.75) is 64.7 Å². The van der Waals surface area contributed by atoms with Crippen molar-refractivity contribution in [2.24, 2.45) is 29.1 Å². The Labute approximate surface area is 134 Å². The highest BCUT2D eigenvalue weighted by Crippen LogP contribution is 2.61. The molecule has 0 heterocycles. The lowest BCUT2D eigenvalue weighted by Crippen LogP contribution is -2.52. The third-order valence-corrected chi connectivity index (χ3v) is 6.46. The van der Waals surface area contributed by atoms with E-state index in [1.807, 2.05) is 0 Å². The van der Waals surface area contributed by atoms with Crippen LogP contribution in [0.25, 0.3) is 0 Å². The normalized spacial score (nSPS) is 37.3. The van der Waals surface area contributed by atoms with Gasteiger partial charge in [-0.05, 0) is 82.5 Å². The Morgan fingerprint density at radius 2 is 1.59 bits per heavy atom. The Balaban J connectivity index is 1.68. The number of ketones is 2. The van der Waals surface area contributed by atoms with E-state index in [9.17, 15) is 9.59 Å². The monoisotopic (exact) mass is 306 g/mol. The maximum atomic E-state index is 13.2. The second-order valence-electron chi connectivity index (χ2n) is 8.21. The number of ether oxygens (including phenoxy) is 1. The van der Waals surface area contributed by atoms with Gasteiger partial charge < -0.3 is 4.74 Å². The first-order valence-electron chi connectivity index (χ1n) is 9.08. The van der Waals surface area contributed by atoms with Crippen LogP contribution in [0.3, 0.4) is 0 Å². The first-order chi connectivity index (χ1) is 10.5. The summed E-state index contributed by atoms with van der Waals surface area (Å²) in [7, 11) is 1.70. The SMILES string of the molecule is COCCCCC(C(C)=O)C(=O)C12CC3CC(CC(C3)C1)C2. The molecule has 4 fully saturated rings. The minimum absolute atomic E-state index is 0.0816. The molecule has 3 heteroatoms. The largest absolute Gasteiger partial charge is 0.385 e. The first kappa shape index (κ1) is 16.2. The molecule has 0 spiro atoms. The number of rotatable bonds is 8. The lowest BCUT2D eigenvalue weighted by molar-refractivity contribution is -0.151. The molecule has 0 aromatic rings. The van der Waals surface area contributed by atoms with Crippen molar-refractivity contribution < 1.29 is 14.3 Å². The summed E-state index contributed by atoms with van der Waals surface area (Å²) >= 11 is 0. The Morgan fingerprint density at radius 1 is 1.05 bits per heavy atom. The van der Waals surface area contributed by atoms with Crippen LogP contribution in [-0.2, 0) is 14.3 Å². The Hall–Kier alpha value is -0.700. The molecule has 4 aliphatic rings. The van der Waals surface area contributed by atoms with Gasteiger partial charge in [-0.2, -0.15) is 0 Å². The van der Waals surface area contributed by atoms with Crippen LogP contribution in [0.2, 0.25) is 0 Å². The second-order valence-corrected chi connectivity index (χ2v) is 8.21. The smallest absolute Gasteiger partial charge is 0.149 e. The molecule has 0 radical (unpaired) electrons. The molecule has 0 N–H and O–H groups in total. The molecular weight excluding hydrogens is 276 g/mol. The first-order valence-corrected chi connectivity index (χ1v) is 9.08. The highest BCUT2D eigenvalue weighted by molar-refractivity contribution is 6.04. The van der Waals surface area contributed by atoms with E-state index in [1.54, 1.807) is 14.0 Å². The number of carbonyl (C=O) groups excluding carboxylic acids is 2. The zero-order valence-electron chi connectivity index (χ0n) is 14.1. The second kappa shape index (κ2) is 6.43. The minimum Gasteiger partial charge on any atom is -0.385 e. The Morgan fingerprint density at radius 3 is 2.05 bits per heavy atom. The van der Waals surface area contributed by atoms with Gasteiger partial charge in [0, 0.05) is 19.1 Å². The van der Waals surface area contributed by atoms with Gasteiger partial charge in [0.25, 0.3) is 0 Å². The fourth-order valence-electron chi connectivity index (χ4n) is 5.90. The van der Waals surface area contributed by atoms with Crippen LogP contribution >= 0.6 is 0 Å². The summed E-state index contributed by atoms with van der Waals surface area (Å²) in [6.45, 7) is 2.33. The molecule has 1 atom stereocenters. The lowest BCUT2D eigenvalue weighted by Gasteiger charge is -2.56. The van der Waals surface area contributed by atoms with Crippen molar-refractivity contribution in [2.75, 3.05) is 13.7 Å². The summed E-state index contributed by atoms with van der Waals surface area (Å²) in [4.78, 5) is 25.3. The summed E-state index contributed by atoms with van der Waals surface area (Å²) in [5.41, 5.74) is -0.133. The maximum absolute atomic E-state index is 13.2. The molecule has 124 valence electrons. The fourth-order valence-corrected chi connectivity index (χ4v) is 5.90. The number of carbonyl (C=O) groups is 2. The van der Waals surface area contributed by atoms with Gasteiger partial charge in [0.05, 0.1) is 5.92 Å². The van der Waals surface area contributed by atoms with Gasteiger partial charge in [-0.3, -0.25) is 9.59 Å². The summed E-state index contributed by atoms with van der Waals surface area (Å²) in [5, 5.41) is 0. The van der Waals surface area contributed by atoms with Crippen LogP contribution in [0.5, 0.6) is 0 Å². The molecule has 4 bridgehead atoms. The quantitative estimate of drug-likeness (QED) is 0.506. The summed E-state index contributed by atoms with van der Waals surface area (Å²) in [5.74, 6) is 2.31. The molecule has 0 amide bonds. The standard InChI is InChI=1S/C19H30O3/c1-13(20)17(5-3-4-6-22-2)18(21)19-10-14-7-15(11-19)9-16(8-14)12-19/h14-17H,3-12H2,1-2H3. The fraction of sp³-hybridized carbons (Fsp3) is 0.895. The number of Topliss-reactive ketones (excluding diaryl/α,β-unsaturated/α-hetero) is 2. The summed E-state index contributed by atoms with van der Waals surface area (Å²) < 4.78 is 5.08. The van der Waals surface area contributed by atoms with Gasteiger partial charge >= 0.3 is 0 Å². The predicted molar refractivity (Wildman–Crippen MR) is 85.5 cm³/mol. The number of hydrogen-bond acceptors (Lipinski definition) is 3. The molecule has 22 heavy (non-hydrogen) atoms. The number of hydrogen-bond donors (Lipinski definition) is 0. The zero-order chi connectivity index (χ0) is 15.7. The highest BCUT2D eigenvalue weighted by atomic mass is 16.5. The number of unbranched alkanes of at least 4 members (excludes halogenated alkanes) is 1. The summed E-state index contributed by atoms with van der Waals surface area (Å²) in [6, 6.07) is 0. The van der Waals surface area contributed by atoms with Crippen LogP contribution < -0.4 is 0 Å². The molecular formula is C19H30O3. The Kier molecular flexibility index (Phi) is 4.72. The van der Waals surface area contributed by atoms with E-state index in [-0.39, 0.29) is 17.1 Å². The van der Waals surface area contributed by atoms with E-state index in [0.29, 0.717) is 5.78 Å². The molecule has 0 aliphatic heterocycles. The van der Waals surface area contributed by atoms with Crippen LogP contribution in [0.1, 0.15) is 64.7 Å². The van der Waals surface area contributed by atoms with E-state index < -0.39 is 0 Å². The van der Waals surface area contributed by atoms with E-state index >= 15 is 0 Å². The third kappa shape index (κ3) is 3.02. The average Bonchev–Trinajstić information content (AvgIpc) is 2.45. The average molecular weight is 306 g/mol. The molecule has 4 rings (SSSR count). The van der Waals surface area contributed by atoms with Crippen LogP contribution in [0, 0.1) is 29.1 Å². The Bertz CT molecular complexity index is 405. The van der Waals surface area contributed by atoms with Crippen LogP contribution in [0.4, 0.5) is 0 Å². The van der Waals surface area contributed by atoms with Gasteiger partial charge in [0.2, 0.25) is 0 Å². The molecule has 1 unspecified atom stereocenters. The van der Waals surface area contributed by atoms with Crippen LogP contribution in [-0.4, -0.2) is 25.3 Å². The minimum atomic E-state index is -0.354. The zero-order valence-corrected chi connectivity index (χ0v) is 14.1. The topological polar surface area (TPSA) is 43.4 Å². The van der Waals surface area contributed by atoms with Gasteiger partial charge in [-0.25, -0.2) is 0 Å². The molecule has 0 aromatic carbocycles. The van der Waals surface area contributed by atoms with Crippen molar-refractivity contribution in [1.29, 1.82) is 0 Å². The van der Waals surface area contributed by atoms with E-state index in [4.69, 9.17) is 4.74 Å². The lowest BCUT2D eigenvalue weighted by atomic mass is 9.47. The van der Waals surface area contributed by atoms with Crippen LogP contribution in [0.15, 0.2) is 0 Å². The van der Waals surface area contributed by atoms with Gasteiger partial charge in [-0.15, -0.1) is 0 Å². The maximum Gasteiger partial charge on any atom is 0.149 e. The van der Waals surface area contributed by atoms with Crippen molar-refractivity contribution >= 4 is 11.6 Å². The van der Waals surface area contributed by atoms with E-state index in [0.717, 1.165) is 62.9 Å². The van der Waals surface area contributed by atoms with E-state index in [1.165, 1.54) is 19.3 Å². The van der Waals surface area contributed by atoms with Crippen molar-refractivity contribution in [3.8, 4) is 0 Å². The van der Waals surface area contributed by atoms with Crippen molar-refractivity contribution in [3.63, 3.8) is 0 Å². The van der Waals surface area contributed by atoms with Gasteiger partial charge in [0.1, 0.15) is 11.6 Å². The third-order valence-electron chi connectivity index (χ3n) is 6.46. The molecule has 0 saturated heterocycles.